The van der Waals surface area contributed by atoms with Crippen LogP contribution in [0.15, 0.2) is 51.9 Å². The monoisotopic (exact) mass is 380 g/mol. The SMILES string of the molecule is COCc1cc(=O)oc2cc(Nc3nccc(-c4ncc(C)s4)n3)ccc12. The zero-order chi connectivity index (χ0) is 18.8. The maximum atomic E-state index is 11.8. The number of thiazole rings is 1. The summed E-state index contributed by atoms with van der Waals surface area (Å²) in [6, 6.07) is 8.77. The van der Waals surface area contributed by atoms with Crippen LogP contribution in [0.3, 0.4) is 0 Å². The highest BCUT2D eigenvalue weighted by atomic mass is 32.1. The van der Waals surface area contributed by atoms with Crippen molar-refractivity contribution in [2.45, 2.75) is 13.5 Å². The van der Waals surface area contributed by atoms with Gasteiger partial charge in [-0.15, -0.1) is 11.3 Å². The van der Waals surface area contributed by atoms with Crippen molar-refractivity contribution in [3.63, 3.8) is 0 Å². The molecule has 4 rings (SSSR count). The second-order valence-electron chi connectivity index (χ2n) is 5.90. The fraction of sp³-hybridized carbons (Fsp3) is 0.158. The normalized spacial score (nSPS) is 11.0. The summed E-state index contributed by atoms with van der Waals surface area (Å²) in [7, 11) is 1.59. The Morgan fingerprint density at radius 3 is 2.89 bits per heavy atom. The minimum Gasteiger partial charge on any atom is -0.423 e. The van der Waals surface area contributed by atoms with E-state index in [0.29, 0.717) is 23.8 Å². The van der Waals surface area contributed by atoms with Crippen LogP contribution in [0.1, 0.15) is 10.4 Å². The first-order valence-electron chi connectivity index (χ1n) is 8.21. The number of rotatable bonds is 5. The molecule has 3 aromatic heterocycles. The Hall–Kier alpha value is -3.10. The van der Waals surface area contributed by atoms with Crippen molar-refractivity contribution in [2.24, 2.45) is 0 Å². The van der Waals surface area contributed by atoms with Gasteiger partial charge >= 0.3 is 5.63 Å². The Kier molecular flexibility index (Phi) is 4.66. The Morgan fingerprint density at radius 2 is 2.11 bits per heavy atom. The lowest BCUT2D eigenvalue weighted by Crippen LogP contribution is -2.02. The topological polar surface area (TPSA) is 90.1 Å². The molecule has 0 saturated heterocycles. The Balaban J connectivity index is 1.67. The van der Waals surface area contributed by atoms with E-state index in [0.717, 1.165) is 26.5 Å². The van der Waals surface area contributed by atoms with E-state index in [1.54, 1.807) is 30.7 Å². The Labute approximate surface area is 158 Å². The molecule has 0 aliphatic heterocycles. The number of aryl methyl sites for hydroxylation is 1. The van der Waals surface area contributed by atoms with Crippen molar-refractivity contribution in [3.05, 3.63) is 63.6 Å². The number of anilines is 2. The zero-order valence-electron chi connectivity index (χ0n) is 14.7. The van der Waals surface area contributed by atoms with E-state index in [2.05, 4.69) is 20.3 Å². The van der Waals surface area contributed by atoms with Crippen LogP contribution in [-0.4, -0.2) is 22.1 Å². The van der Waals surface area contributed by atoms with Crippen molar-refractivity contribution < 1.29 is 9.15 Å². The first-order chi connectivity index (χ1) is 13.1. The Bertz CT molecular complexity index is 1170. The van der Waals surface area contributed by atoms with Gasteiger partial charge in [-0.2, -0.15) is 0 Å². The van der Waals surface area contributed by atoms with Crippen LogP contribution >= 0.6 is 11.3 Å². The summed E-state index contributed by atoms with van der Waals surface area (Å²) in [6.07, 6.45) is 3.50. The summed E-state index contributed by atoms with van der Waals surface area (Å²) in [4.78, 5) is 26.0. The predicted octanol–water partition coefficient (Wildman–Crippen LogP) is 3.90. The van der Waals surface area contributed by atoms with Crippen LogP contribution in [0, 0.1) is 6.92 Å². The molecule has 0 radical (unpaired) electrons. The molecular weight excluding hydrogens is 364 g/mol. The number of fused-ring (bicyclic) bond motifs is 1. The molecule has 0 amide bonds. The standard InChI is InChI=1S/C19H16N4O3S/c1-11-9-21-18(27-11)15-5-6-20-19(23-15)22-13-3-4-14-12(10-25-2)7-17(24)26-16(14)8-13/h3-9H,10H2,1-2H3,(H,20,22,23). The predicted molar refractivity (Wildman–Crippen MR) is 104 cm³/mol. The third-order valence-electron chi connectivity index (χ3n) is 3.88. The average molecular weight is 380 g/mol. The maximum Gasteiger partial charge on any atom is 0.336 e. The first kappa shape index (κ1) is 17.3. The number of nitrogens with zero attached hydrogens (tertiary/aromatic N) is 3. The average Bonchev–Trinajstić information content (AvgIpc) is 3.08. The molecule has 1 aromatic carbocycles. The largest absolute Gasteiger partial charge is 0.423 e. The second-order valence-corrected chi connectivity index (χ2v) is 7.14. The lowest BCUT2D eigenvalue weighted by atomic mass is 10.1. The molecule has 0 bridgehead atoms. The lowest BCUT2D eigenvalue weighted by molar-refractivity contribution is 0.185. The molecule has 0 aliphatic carbocycles. The molecule has 0 unspecified atom stereocenters. The molecule has 4 aromatic rings. The molecule has 0 fully saturated rings. The fourth-order valence-corrected chi connectivity index (χ4v) is 3.46. The highest BCUT2D eigenvalue weighted by Crippen LogP contribution is 2.26. The van der Waals surface area contributed by atoms with Gasteiger partial charge in [0.1, 0.15) is 16.3 Å². The number of hydrogen-bond acceptors (Lipinski definition) is 8. The number of aromatic nitrogens is 3. The van der Waals surface area contributed by atoms with E-state index in [4.69, 9.17) is 9.15 Å². The van der Waals surface area contributed by atoms with E-state index in [-0.39, 0.29) is 0 Å². The first-order valence-corrected chi connectivity index (χ1v) is 9.02. The van der Waals surface area contributed by atoms with Crippen molar-refractivity contribution in [1.82, 2.24) is 15.0 Å². The molecule has 0 spiro atoms. The summed E-state index contributed by atoms with van der Waals surface area (Å²) in [6.45, 7) is 2.34. The van der Waals surface area contributed by atoms with Crippen molar-refractivity contribution >= 4 is 33.9 Å². The molecule has 8 heteroatoms. The molecule has 27 heavy (non-hydrogen) atoms. The van der Waals surface area contributed by atoms with Gasteiger partial charge in [-0.25, -0.2) is 19.7 Å². The molecule has 3 heterocycles. The quantitative estimate of drug-likeness (QED) is 0.525. The third-order valence-corrected chi connectivity index (χ3v) is 4.82. The number of ether oxygens (including phenoxy) is 1. The van der Waals surface area contributed by atoms with Crippen molar-refractivity contribution in [1.29, 1.82) is 0 Å². The highest BCUT2D eigenvalue weighted by Gasteiger charge is 2.09. The van der Waals surface area contributed by atoms with Gasteiger partial charge < -0.3 is 14.5 Å². The summed E-state index contributed by atoms with van der Waals surface area (Å²) >= 11 is 1.57. The van der Waals surface area contributed by atoms with Gasteiger partial charge in [0.2, 0.25) is 5.95 Å². The summed E-state index contributed by atoms with van der Waals surface area (Å²) in [5, 5.41) is 4.81. The molecule has 0 aliphatic rings. The number of hydrogen-bond donors (Lipinski definition) is 1. The van der Waals surface area contributed by atoms with Gasteiger partial charge in [0, 0.05) is 47.6 Å². The van der Waals surface area contributed by atoms with Gasteiger partial charge in [-0.1, -0.05) is 0 Å². The van der Waals surface area contributed by atoms with Gasteiger partial charge in [-0.3, -0.25) is 0 Å². The van der Waals surface area contributed by atoms with Gasteiger partial charge in [0.15, 0.2) is 0 Å². The van der Waals surface area contributed by atoms with E-state index >= 15 is 0 Å². The molecule has 0 saturated carbocycles. The summed E-state index contributed by atoms with van der Waals surface area (Å²) in [5.41, 5.74) is 2.32. The minimum atomic E-state index is -0.413. The van der Waals surface area contributed by atoms with Crippen molar-refractivity contribution in [3.8, 4) is 10.7 Å². The van der Waals surface area contributed by atoms with Gasteiger partial charge in [0.25, 0.3) is 0 Å². The van der Waals surface area contributed by atoms with Crippen LogP contribution in [0.25, 0.3) is 21.7 Å². The third kappa shape index (κ3) is 3.71. The zero-order valence-corrected chi connectivity index (χ0v) is 15.5. The number of nitrogens with one attached hydrogen (secondary N) is 1. The van der Waals surface area contributed by atoms with Crippen LogP contribution in [0.4, 0.5) is 11.6 Å². The molecule has 7 nitrogen and oxygen atoms in total. The summed E-state index contributed by atoms with van der Waals surface area (Å²) in [5.74, 6) is 0.440. The number of benzene rings is 1. The molecular formula is C19H16N4O3S. The maximum absolute atomic E-state index is 11.8. The minimum absolute atomic E-state index is 0.341. The summed E-state index contributed by atoms with van der Waals surface area (Å²) < 4.78 is 10.5. The molecule has 136 valence electrons. The van der Waals surface area contributed by atoms with E-state index in [1.165, 1.54) is 6.07 Å². The lowest BCUT2D eigenvalue weighted by Gasteiger charge is -2.08. The van der Waals surface area contributed by atoms with Crippen LogP contribution in [-0.2, 0) is 11.3 Å². The van der Waals surface area contributed by atoms with Crippen LogP contribution < -0.4 is 10.9 Å². The van der Waals surface area contributed by atoms with E-state index in [9.17, 15) is 4.79 Å². The van der Waals surface area contributed by atoms with E-state index in [1.807, 2.05) is 31.3 Å². The molecule has 1 N–H and O–H groups in total. The smallest absolute Gasteiger partial charge is 0.336 e. The van der Waals surface area contributed by atoms with Crippen LogP contribution in [0.2, 0.25) is 0 Å². The van der Waals surface area contributed by atoms with Gasteiger partial charge in [0.05, 0.1) is 6.61 Å². The van der Waals surface area contributed by atoms with E-state index < -0.39 is 5.63 Å². The van der Waals surface area contributed by atoms with Crippen molar-refractivity contribution in [2.75, 3.05) is 12.4 Å². The van der Waals surface area contributed by atoms with Gasteiger partial charge in [-0.05, 0) is 30.7 Å². The Morgan fingerprint density at radius 1 is 1.22 bits per heavy atom. The highest BCUT2D eigenvalue weighted by molar-refractivity contribution is 7.14. The molecule has 0 atom stereocenters. The second kappa shape index (κ2) is 7.26. The van der Waals surface area contributed by atoms with Crippen LogP contribution in [0.5, 0.6) is 0 Å². The number of methoxy groups -OCH3 is 1. The fourth-order valence-electron chi connectivity index (χ4n) is 2.72.